The molecule has 0 aromatic heterocycles. The Balaban J connectivity index is 1.93. The second-order valence-electron chi connectivity index (χ2n) is 6.51. The zero-order valence-corrected chi connectivity index (χ0v) is 15.4. The highest BCUT2D eigenvalue weighted by Gasteiger charge is 2.47. The fourth-order valence-electron chi connectivity index (χ4n) is 3.31. The number of imide groups is 1. The normalized spacial score (nSPS) is 19.9. The van der Waals surface area contributed by atoms with E-state index in [2.05, 4.69) is 0 Å². The molecule has 1 heterocycles. The lowest BCUT2D eigenvalue weighted by Gasteiger charge is -2.42. The number of benzene rings is 2. The minimum Gasteiger partial charge on any atom is -0.452 e. The van der Waals surface area contributed by atoms with Gasteiger partial charge in [0, 0.05) is 13.0 Å². The Morgan fingerprint density at radius 3 is 2.04 bits per heavy atom. The maximum atomic E-state index is 13.2. The molecule has 2 atom stereocenters. The summed E-state index contributed by atoms with van der Waals surface area (Å²) in [5.74, 6) is -0.696. The van der Waals surface area contributed by atoms with Crippen molar-refractivity contribution in [3.05, 3.63) is 71.8 Å². The smallest absolute Gasteiger partial charge is 0.417 e. The molecule has 0 spiro atoms. The average molecular weight is 366 g/mol. The van der Waals surface area contributed by atoms with Crippen LogP contribution in [0.1, 0.15) is 18.1 Å². The lowest BCUT2D eigenvalue weighted by molar-refractivity contribution is -0.159. The van der Waals surface area contributed by atoms with Crippen molar-refractivity contribution in [2.75, 3.05) is 7.11 Å². The van der Waals surface area contributed by atoms with Crippen LogP contribution in [0.4, 0.5) is 4.79 Å². The Morgan fingerprint density at radius 1 is 0.926 bits per heavy atom. The highest BCUT2D eigenvalue weighted by atomic mass is 16.5. The Hall–Kier alpha value is -3.15. The molecule has 0 aliphatic carbocycles. The van der Waals surface area contributed by atoms with Crippen molar-refractivity contribution in [1.82, 2.24) is 9.80 Å². The van der Waals surface area contributed by atoms with Crippen LogP contribution in [0.5, 0.6) is 0 Å². The predicted octanol–water partition coefficient (Wildman–Crippen LogP) is 2.62. The lowest BCUT2D eigenvalue weighted by Crippen LogP contribution is -2.65. The van der Waals surface area contributed by atoms with Gasteiger partial charge in [0.2, 0.25) is 5.91 Å². The first-order valence-electron chi connectivity index (χ1n) is 8.82. The standard InChI is InChI=1S/C21H22N2O4/c1-15-19(24)23(21(26)27-2)18(13-16-9-5-3-6-10-16)20(25)22(15)14-17-11-7-4-8-12-17/h3-12,15,18H,13-14H2,1-2H3/t15-,18-/m0/s1. The van der Waals surface area contributed by atoms with E-state index in [4.69, 9.17) is 4.74 Å². The van der Waals surface area contributed by atoms with Crippen LogP contribution in [0.15, 0.2) is 60.7 Å². The number of carbonyl (C=O) groups excluding carboxylic acids is 3. The molecule has 1 aliphatic rings. The van der Waals surface area contributed by atoms with Crippen LogP contribution in [0, 0.1) is 0 Å². The van der Waals surface area contributed by atoms with E-state index in [1.165, 1.54) is 12.0 Å². The topological polar surface area (TPSA) is 66.9 Å². The molecular weight excluding hydrogens is 344 g/mol. The van der Waals surface area contributed by atoms with Gasteiger partial charge in [-0.1, -0.05) is 60.7 Å². The van der Waals surface area contributed by atoms with Crippen LogP contribution in [-0.4, -0.2) is 46.9 Å². The summed E-state index contributed by atoms with van der Waals surface area (Å²) in [5.41, 5.74) is 1.79. The predicted molar refractivity (Wildman–Crippen MR) is 99.6 cm³/mol. The second-order valence-corrected chi connectivity index (χ2v) is 6.51. The molecule has 2 aromatic rings. The lowest BCUT2D eigenvalue weighted by atomic mass is 9.98. The molecule has 1 fully saturated rings. The van der Waals surface area contributed by atoms with E-state index in [9.17, 15) is 14.4 Å². The van der Waals surface area contributed by atoms with Crippen molar-refractivity contribution in [3.63, 3.8) is 0 Å². The fraction of sp³-hybridized carbons (Fsp3) is 0.286. The summed E-state index contributed by atoms with van der Waals surface area (Å²) in [6, 6.07) is 17.1. The van der Waals surface area contributed by atoms with Crippen molar-refractivity contribution in [1.29, 1.82) is 0 Å². The monoisotopic (exact) mass is 366 g/mol. The largest absolute Gasteiger partial charge is 0.452 e. The van der Waals surface area contributed by atoms with Gasteiger partial charge in [0.15, 0.2) is 0 Å². The van der Waals surface area contributed by atoms with Crippen molar-refractivity contribution < 1.29 is 19.1 Å². The number of amides is 3. The van der Waals surface area contributed by atoms with Crippen LogP contribution < -0.4 is 0 Å². The Kier molecular flexibility index (Phi) is 5.54. The third-order valence-electron chi connectivity index (χ3n) is 4.78. The van der Waals surface area contributed by atoms with Crippen LogP contribution in [-0.2, 0) is 27.3 Å². The Morgan fingerprint density at radius 2 is 1.48 bits per heavy atom. The second kappa shape index (κ2) is 8.03. The first-order valence-corrected chi connectivity index (χ1v) is 8.82. The minimum atomic E-state index is -0.924. The third kappa shape index (κ3) is 3.84. The molecule has 27 heavy (non-hydrogen) atoms. The van der Waals surface area contributed by atoms with E-state index in [1.807, 2.05) is 60.7 Å². The molecule has 1 saturated heterocycles. The molecule has 2 aromatic carbocycles. The van der Waals surface area contributed by atoms with Gasteiger partial charge in [-0.25, -0.2) is 9.69 Å². The quantitative estimate of drug-likeness (QED) is 0.834. The van der Waals surface area contributed by atoms with Gasteiger partial charge in [0.1, 0.15) is 12.1 Å². The number of ether oxygens (including phenoxy) is 1. The number of hydrogen-bond donors (Lipinski definition) is 0. The fourth-order valence-corrected chi connectivity index (χ4v) is 3.31. The molecule has 0 bridgehead atoms. The zero-order valence-electron chi connectivity index (χ0n) is 15.4. The number of carbonyl (C=O) groups is 3. The van der Waals surface area contributed by atoms with E-state index >= 15 is 0 Å². The van der Waals surface area contributed by atoms with E-state index in [0.29, 0.717) is 6.54 Å². The third-order valence-corrected chi connectivity index (χ3v) is 4.78. The van der Waals surface area contributed by atoms with E-state index in [-0.39, 0.29) is 12.3 Å². The van der Waals surface area contributed by atoms with Gasteiger partial charge in [0.05, 0.1) is 7.11 Å². The SMILES string of the molecule is COC(=O)N1C(=O)[C@H](C)N(Cc2ccccc2)C(=O)[C@@H]1Cc1ccccc1. The molecule has 0 saturated carbocycles. The molecular formula is C21H22N2O4. The summed E-state index contributed by atoms with van der Waals surface area (Å²) in [6.07, 6.45) is -0.557. The summed E-state index contributed by atoms with van der Waals surface area (Å²) in [4.78, 5) is 40.9. The van der Waals surface area contributed by atoms with Crippen LogP contribution in [0.2, 0.25) is 0 Å². The van der Waals surface area contributed by atoms with Crippen molar-refractivity contribution in [2.45, 2.75) is 32.0 Å². The average Bonchev–Trinajstić information content (AvgIpc) is 2.70. The van der Waals surface area contributed by atoms with Crippen molar-refractivity contribution in [3.8, 4) is 0 Å². The summed E-state index contributed by atoms with van der Waals surface area (Å²) in [7, 11) is 1.21. The molecule has 0 radical (unpaired) electrons. The van der Waals surface area contributed by atoms with Gasteiger partial charge < -0.3 is 9.64 Å². The first kappa shape index (κ1) is 18.6. The molecule has 0 N–H and O–H groups in total. The summed E-state index contributed by atoms with van der Waals surface area (Å²) in [5, 5.41) is 0. The molecule has 6 heteroatoms. The highest BCUT2D eigenvalue weighted by molar-refractivity contribution is 6.04. The molecule has 1 aliphatic heterocycles. The van der Waals surface area contributed by atoms with Crippen molar-refractivity contribution in [2.24, 2.45) is 0 Å². The maximum Gasteiger partial charge on any atom is 0.417 e. The number of methoxy groups -OCH3 is 1. The number of nitrogens with zero attached hydrogens (tertiary/aromatic N) is 2. The zero-order chi connectivity index (χ0) is 19.4. The van der Waals surface area contributed by atoms with Gasteiger partial charge in [-0.15, -0.1) is 0 Å². The molecule has 6 nitrogen and oxygen atoms in total. The number of piperazine rings is 1. The maximum absolute atomic E-state index is 13.2. The number of hydrogen-bond acceptors (Lipinski definition) is 4. The molecule has 0 unspecified atom stereocenters. The van der Waals surface area contributed by atoms with E-state index in [0.717, 1.165) is 16.0 Å². The van der Waals surface area contributed by atoms with Gasteiger partial charge >= 0.3 is 6.09 Å². The first-order chi connectivity index (χ1) is 13.0. The Labute approximate surface area is 158 Å². The van der Waals surface area contributed by atoms with Crippen molar-refractivity contribution >= 4 is 17.9 Å². The summed E-state index contributed by atoms with van der Waals surface area (Å²) >= 11 is 0. The Bertz CT molecular complexity index is 823. The summed E-state index contributed by atoms with van der Waals surface area (Å²) in [6.45, 7) is 1.95. The summed E-state index contributed by atoms with van der Waals surface area (Å²) < 4.78 is 4.77. The van der Waals surface area contributed by atoms with Crippen LogP contribution in [0.3, 0.4) is 0 Å². The van der Waals surface area contributed by atoms with E-state index < -0.39 is 24.1 Å². The van der Waals surface area contributed by atoms with Gasteiger partial charge in [-0.3, -0.25) is 9.59 Å². The minimum absolute atomic E-state index is 0.249. The van der Waals surface area contributed by atoms with Gasteiger partial charge in [-0.05, 0) is 18.1 Å². The van der Waals surface area contributed by atoms with Gasteiger partial charge in [-0.2, -0.15) is 0 Å². The van der Waals surface area contributed by atoms with E-state index in [1.54, 1.807) is 6.92 Å². The number of rotatable bonds is 4. The molecule has 140 valence electrons. The molecule has 3 rings (SSSR count). The molecule has 3 amide bonds. The highest BCUT2D eigenvalue weighted by Crippen LogP contribution is 2.24. The van der Waals surface area contributed by atoms with Crippen LogP contribution in [0.25, 0.3) is 0 Å². The van der Waals surface area contributed by atoms with Crippen LogP contribution >= 0.6 is 0 Å². The van der Waals surface area contributed by atoms with Gasteiger partial charge in [0.25, 0.3) is 5.91 Å².